The van der Waals surface area contributed by atoms with Crippen LogP contribution in [0.5, 0.6) is 11.5 Å². The van der Waals surface area contributed by atoms with Gasteiger partial charge in [0.15, 0.2) is 5.78 Å². The number of amides is 1. The predicted molar refractivity (Wildman–Crippen MR) is 123 cm³/mol. The van der Waals surface area contributed by atoms with Crippen molar-refractivity contribution in [2.75, 3.05) is 19.5 Å². The lowest BCUT2D eigenvalue weighted by Crippen LogP contribution is -2.15. The van der Waals surface area contributed by atoms with Gasteiger partial charge in [0.1, 0.15) is 11.5 Å². The second kappa shape index (κ2) is 9.37. The van der Waals surface area contributed by atoms with E-state index in [4.69, 9.17) is 21.1 Å². The van der Waals surface area contributed by atoms with Crippen molar-refractivity contribution in [1.82, 2.24) is 14.6 Å². The fourth-order valence-electron chi connectivity index (χ4n) is 3.16. The lowest BCUT2D eigenvalue weighted by molar-refractivity contribution is -0.116. The number of carbonyl (C=O) groups is 2. The van der Waals surface area contributed by atoms with Gasteiger partial charge in [0.05, 0.1) is 25.5 Å². The molecule has 10 heteroatoms. The van der Waals surface area contributed by atoms with E-state index in [1.54, 1.807) is 23.8 Å². The molecule has 1 N–H and O–H groups in total. The molecule has 0 aliphatic carbocycles. The Bertz CT molecular complexity index is 1300. The summed E-state index contributed by atoms with van der Waals surface area (Å²) in [6.07, 6.45) is -0.0239. The van der Waals surface area contributed by atoms with Crippen LogP contribution in [0.2, 0.25) is 5.02 Å². The van der Waals surface area contributed by atoms with E-state index >= 15 is 0 Å². The first-order valence-corrected chi connectivity index (χ1v) is 10.9. The van der Waals surface area contributed by atoms with E-state index in [-0.39, 0.29) is 30.5 Å². The van der Waals surface area contributed by atoms with Gasteiger partial charge in [0.2, 0.25) is 16.8 Å². The molecule has 0 fully saturated rings. The Balaban J connectivity index is 1.44. The number of methoxy groups -OCH3 is 2. The molecule has 0 radical (unpaired) electrons. The average Bonchev–Trinajstić information content (AvgIpc) is 3.37. The molecule has 0 saturated heterocycles. The zero-order valence-corrected chi connectivity index (χ0v) is 18.9. The topological polar surface area (TPSA) is 94.8 Å². The summed E-state index contributed by atoms with van der Waals surface area (Å²) >= 11 is 7.39. The summed E-state index contributed by atoms with van der Waals surface area (Å²) in [5, 5.41) is 9.41. The SMILES string of the molecule is COc1cccc(-c2csc3nc(NC(=O)CCC(=O)c4cc(Cl)ccc4OC)nn23)c1. The van der Waals surface area contributed by atoms with Gasteiger partial charge in [-0.15, -0.1) is 16.4 Å². The molecule has 2 heterocycles. The van der Waals surface area contributed by atoms with E-state index in [0.29, 0.717) is 21.3 Å². The van der Waals surface area contributed by atoms with Crippen LogP contribution < -0.4 is 14.8 Å². The number of hydrogen-bond acceptors (Lipinski definition) is 7. The van der Waals surface area contributed by atoms with Crippen LogP contribution in [-0.4, -0.2) is 40.5 Å². The number of ketones is 1. The molecule has 0 bridgehead atoms. The van der Waals surface area contributed by atoms with E-state index in [9.17, 15) is 9.59 Å². The Labute approximate surface area is 192 Å². The molecular formula is C22H19ClN4O4S. The third kappa shape index (κ3) is 4.58. The smallest absolute Gasteiger partial charge is 0.250 e. The summed E-state index contributed by atoms with van der Waals surface area (Å²) in [6.45, 7) is 0. The monoisotopic (exact) mass is 470 g/mol. The lowest BCUT2D eigenvalue weighted by atomic mass is 10.1. The van der Waals surface area contributed by atoms with Gasteiger partial charge < -0.3 is 9.47 Å². The molecule has 4 aromatic rings. The van der Waals surface area contributed by atoms with Gasteiger partial charge >= 0.3 is 0 Å². The van der Waals surface area contributed by atoms with Crippen LogP contribution >= 0.6 is 22.9 Å². The minimum atomic E-state index is -0.361. The third-order valence-electron chi connectivity index (χ3n) is 4.74. The number of rotatable bonds is 8. The number of Topliss-reactive ketones (excluding diaryl/α,β-unsaturated/α-hetero) is 1. The molecule has 0 atom stereocenters. The van der Waals surface area contributed by atoms with Gasteiger partial charge in [-0.2, -0.15) is 4.98 Å². The number of hydrogen-bond donors (Lipinski definition) is 1. The highest BCUT2D eigenvalue weighted by Gasteiger charge is 2.17. The fraction of sp³-hybridized carbons (Fsp3) is 0.182. The summed E-state index contributed by atoms with van der Waals surface area (Å²) in [6, 6.07) is 12.4. The Morgan fingerprint density at radius 2 is 1.97 bits per heavy atom. The number of ether oxygens (including phenoxy) is 2. The molecule has 1 amide bonds. The number of aromatic nitrogens is 3. The molecular weight excluding hydrogens is 452 g/mol. The molecule has 2 aromatic carbocycles. The van der Waals surface area contributed by atoms with Crippen molar-refractivity contribution in [3.05, 3.63) is 58.4 Å². The maximum Gasteiger partial charge on any atom is 0.250 e. The highest BCUT2D eigenvalue weighted by Crippen LogP contribution is 2.28. The third-order valence-corrected chi connectivity index (χ3v) is 5.79. The second-order valence-electron chi connectivity index (χ2n) is 6.80. The van der Waals surface area contributed by atoms with Crippen molar-refractivity contribution < 1.29 is 19.1 Å². The van der Waals surface area contributed by atoms with E-state index < -0.39 is 0 Å². The number of nitrogens with zero attached hydrogens (tertiary/aromatic N) is 3. The molecule has 0 unspecified atom stereocenters. The molecule has 32 heavy (non-hydrogen) atoms. The normalized spacial score (nSPS) is 10.8. The Morgan fingerprint density at radius 1 is 1.12 bits per heavy atom. The van der Waals surface area contributed by atoms with Gasteiger partial charge in [-0.3, -0.25) is 14.9 Å². The van der Waals surface area contributed by atoms with Crippen LogP contribution in [0.25, 0.3) is 16.2 Å². The van der Waals surface area contributed by atoms with E-state index in [1.165, 1.54) is 24.5 Å². The van der Waals surface area contributed by atoms with Gasteiger partial charge in [0, 0.05) is 28.8 Å². The van der Waals surface area contributed by atoms with Gasteiger partial charge in [-0.25, -0.2) is 4.52 Å². The second-order valence-corrected chi connectivity index (χ2v) is 8.07. The summed E-state index contributed by atoms with van der Waals surface area (Å²) in [5.74, 6) is 0.732. The van der Waals surface area contributed by atoms with Gasteiger partial charge in [-0.05, 0) is 30.3 Å². The van der Waals surface area contributed by atoms with Crippen molar-refractivity contribution in [3.8, 4) is 22.8 Å². The molecule has 0 aliphatic heterocycles. The van der Waals surface area contributed by atoms with Crippen LogP contribution in [0.4, 0.5) is 5.95 Å². The zero-order valence-electron chi connectivity index (χ0n) is 17.3. The van der Waals surface area contributed by atoms with Crippen molar-refractivity contribution in [2.45, 2.75) is 12.8 Å². The van der Waals surface area contributed by atoms with Crippen LogP contribution in [-0.2, 0) is 4.79 Å². The molecule has 2 aromatic heterocycles. The number of carbonyl (C=O) groups excluding carboxylic acids is 2. The first-order chi connectivity index (χ1) is 15.5. The Hall–Kier alpha value is -3.43. The minimum absolute atomic E-state index is 0.000185. The lowest BCUT2D eigenvalue weighted by Gasteiger charge is -2.08. The largest absolute Gasteiger partial charge is 0.497 e. The quantitative estimate of drug-likeness (QED) is 0.374. The standard InChI is InChI=1S/C22H19ClN4O4S/c1-30-15-5-3-4-13(10-15)17-12-32-22-25-21(26-27(17)22)24-20(29)9-7-18(28)16-11-14(23)6-8-19(16)31-2/h3-6,8,10-12H,7,9H2,1-2H3,(H,24,26,29). The average molecular weight is 471 g/mol. The Morgan fingerprint density at radius 3 is 2.75 bits per heavy atom. The number of nitrogens with one attached hydrogen (secondary N) is 1. The number of halogens is 1. The molecule has 164 valence electrons. The van der Waals surface area contributed by atoms with Crippen LogP contribution in [0.15, 0.2) is 47.8 Å². The first kappa shape index (κ1) is 21.8. The highest BCUT2D eigenvalue weighted by atomic mass is 35.5. The van der Waals surface area contributed by atoms with Crippen LogP contribution in [0.3, 0.4) is 0 Å². The Kier molecular flexibility index (Phi) is 6.38. The summed E-state index contributed by atoms with van der Waals surface area (Å²) in [5.41, 5.74) is 2.09. The van der Waals surface area contributed by atoms with Crippen molar-refractivity contribution in [3.63, 3.8) is 0 Å². The van der Waals surface area contributed by atoms with E-state index in [1.807, 2.05) is 29.6 Å². The number of anilines is 1. The minimum Gasteiger partial charge on any atom is -0.497 e. The van der Waals surface area contributed by atoms with Crippen molar-refractivity contribution >= 4 is 45.5 Å². The number of thiazole rings is 1. The van der Waals surface area contributed by atoms with Crippen LogP contribution in [0.1, 0.15) is 23.2 Å². The summed E-state index contributed by atoms with van der Waals surface area (Å²) in [7, 11) is 3.08. The van der Waals surface area contributed by atoms with E-state index in [2.05, 4.69) is 15.4 Å². The first-order valence-electron chi connectivity index (χ1n) is 9.64. The molecule has 0 saturated carbocycles. The number of benzene rings is 2. The van der Waals surface area contributed by atoms with E-state index in [0.717, 1.165) is 17.0 Å². The van der Waals surface area contributed by atoms with Gasteiger partial charge in [-0.1, -0.05) is 23.7 Å². The predicted octanol–water partition coefficient (Wildman–Crippen LogP) is 4.73. The van der Waals surface area contributed by atoms with Crippen LogP contribution in [0, 0.1) is 0 Å². The maximum absolute atomic E-state index is 12.5. The molecule has 4 rings (SSSR count). The van der Waals surface area contributed by atoms with Crippen molar-refractivity contribution in [1.29, 1.82) is 0 Å². The summed E-state index contributed by atoms with van der Waals surface area (Å²) < 4.78 is 12.1. The maximum atomic E-state index is 12.5. The van der Waals surface area contributed by atoms with Gasteiger partial charge in [0.25, 0.3) is 0 Å². The molecule has 0 spiro atoms. The fourth-order valence-corrected chi connectivity index (χ4v) is 4.17. The van der Waals surface area contributed by atoms with Crippen molar-refractivity contribution in [2.24, 2.45) is 0 Å². The number of fused-ring (bicyclic) bond motifs is 1. The molecule has 0 aliphatic rings. The summed E-state index contributed by atoms with van der Waals surface area (Å²) in [4.78, 5) is 29.9. The zero-order chi connectivity index (χ0) is 22.7. The molecule has 8 nitrogen and oxygen atoms in total. The highest BCUT2D eigenvalue weighted by molar-refractivity contribution is 7.15.